The van der Waals surface area contributed by atoms with Crippen molar-refractivity contribution in [2.75, 3.05) is 18.1 Å². The van der Waals surface area contributed by atoms with E-state index < -0.39 is 10.8 Å². The lowest BCUT2D eigenvalue weighted by molar-refractivity contribution is -0.389. The Balaban J connectivity index is 1.79. The van der Waals surface area contributed by atoms with Crippen LogP contribution in [-0.2, 0) is 4.79 Å². The highest BCUT2D eigenvalue weighted by atomic mass is 79.9. The molecule has 8 nitrogen and oxygen atoms in total. The van der Waals surface area contributed by atoms with Crippen LogP contribution < -0.4 is 9.64 Å². The van der Waals surface area contributed by atoms with Crippen molar-refractivity contribution >= 4 is 39.3 Å². The normalized spacial score (nSPS) is 13.2. The average molecular weight is 406 g/mol. The predicted octanol–water partition coefficient (Wildman–Crippen LogP) is 2.75. The van der Waals surface area contributed by atoms with E-state index in [1.165, 1.54) is 17.0 Å². The minimum atomic E-state index is -0.648. The third-order valence-corrected chi connectivity index (χ3v) is 4.18. The van der Waals surface area contributed by atoms with Crippen molar-refractivity contribution in [2.24, 2.45) is 0 Å². The van der Waals surface area contributed by atoms with Gasteiger partial charge in [-0.3, -0.25) is 14.5 Å². The van der Waals surface area contributed by atoms with E-state index in [4.69, 9.17) is 4.74 Å². The Bertz CT molecular complexity index is 853. The third kappa shape index (κ3) is 3.66. The van der Waals surface area contributed by atoms with Crippen LogP contribution in [0, 0.1) is 10.1 Å². The van der Waals surface area contributed by atoms with Gasteiger partial charge in [0.25, 0.3) is 11.7 Å². The van der Waals surface area contributed by atoms with Crippen LogP contribution in [0.2, 0.25) is 0 Å². The number of amides is 1. The number of rotatable bonds is 5. The summed E-state index contributed by atoms with van der Waals surface area (Å²) in [5.41, 5.74) is 0.524. The summed E-state index contributed by atoms with van der Waals surface area (Å²) in [4.78, 5) is 39.8. The molecule has 2 aromatic rings. The van der Waals surface area contributed by atoms with E-state index in [0.717, 1.165) is 4.47 Å². The largest absolute Gasteiger partial charge is 0.477 e. The summed E-state index contributed by atoms with van der Waals surface area (Å²) in [6.45, 7) is -0.128. The summed E-state index contributed by atoms with van der Waals surface area (Å²) in [5.74, 6) is -0.584. The third-order valence-electron chi connectivity index (χ3n) is 3.65. The van der Waals surface area contributed by atoms with Gasteiger partial charge in [0.1, 0.15) is 0 Å². The van der Waals surface area contributed by atoms with E-state index in [1.54, 1.807) is 24.3 Å². The first-order valence-corrected chi connectivity index (χ1v) is 8.12. The molecule has 0 fully saturated rings. The summed E-state index contributed by atoms with van der Waals surface area (Å²) in [5, 5.41) is 10.9. The Morgan fingerprint density at radius 3 is 2.68 bits per heavy atom. The Hall–Kier alpha value is -2.81. The summed E-state index contributed by atoms with van der Waals surface area (Å²) in [6, 6.07) is 9.49. The molecule has 0 unspecified atom stereocenters. The van der Waals surface area contributed by atoms with Crippen molar-refractivity contribution in [1.29, 1.82) is 0 Å². The second kappa shape index (κ2) is 6.98. The van der Waals surface area contributed by atoms with Gasteiger partial charge in [-0.1, -0.05) is 28.1 Å². The Labute approximate surface area is 150 Å². The highest BCUT2D eigenvalue weighted by molar-refractivity contribution is 9.10. The Morgan fingerprint density at radius 2 is 2.00 bits per heavy atom. The number of carbonyl (C=O) groups excluding carboxylic acids is 2. The number of ketones is 1. The van der Waals surface area contributed by atoms with Crippen LogP contribution in [0.25, 0.3) is 0 Å². The maximum atomic E-state index is 12.3. The molecule has 1 aliphatic heterocycles. The van der Waals surface area contributed by atoms with Gasteiger partial charge in [-0.15, -0.1) is 0 Å². The molecule has 9 heteroatoms. The molecule has 0 spiro atoms. The molecule has 3 rings (SSSR count). The number of anilines is 1. The number of halogens is 1. The second-order valence-electron chi connectivity index (χ2n) is 5.26. The van der Waals surface area contributed by atoms with Crippen molar-refractivity contribution in [3.63, 3.8) is 0 Å². The molecule has 0 N–H and O–H groups in total. The summed E-state index contributed by atoms with van der Waals surface area (Å²) in [6.07, 6.45) is 0.0667. The predicted molar refractivity (Wildman–Crippen MR) is 91.8 cm³/mol. The molecule has 0 atom stereocenters. The Kier molecular flexibility index (Phi) is 4.75. The van der Waals surface area contributed by atoms with E-state index >= 15 is 0 Å². The first-order valence-electron chi connectivity index (χ1n) is 7.33. The van der Waals surface area contributed by atoms with Gasteiger partial charge < -0.3 is 14.9 Å². The SMILES string of the molecule is O=C(CCN1C(=O)COc2ccc([N+](=O)[O-])nc21)c1ccc(Br)cc1. The molecule has 1 aromatic heterocycles. The smallest absolute Gasteiger partial charge is 0.366 e. The number of Topliss-reactive ketones (excluding diaryl/α,β-unsaturated/α-hetero) is 1. The van der Waals surface area contributed by atoms with Crippen LogP contribution in [0.5, 0.6) is 5.75 Å². The standard InChI is InChI=1S/C16H12BrN3O5/c17-11-3-1-10(2-4-11)12(21)7-8-19-15(22)9-25-13-5-6-14(20(23)24)18-16(13)19/h1-6H,7-9H2. The zero-order valence-corrected chi connectivity index (χ0v) is 14.4. The van der Waals surface area contributed by atoms with Gasteiger partial charge in [-0.25, -0.2) is 0 Å². The number of hydrogen-bond acceptors (Lipinski definition) is 6. The molecule has 0 saturated heterocycles. The highest BCUT2D eigenvalue weighted by Gasteiger charge is 2.32. The lowest BCUT2D eigenvalue weighted by Crippen LogP contribution is -2.40. The molecule has 0 saturated carbocycles. The van der Waals surface area contributed by atoms with Crippen LogP contribution in [0.15, 0.2) is 40.9 Å². The molecule has 1 aliphatic rings. The topological polar surface area (TPSA) is 103 Å². The number of pyridine rings is 1. The van der Waals surface area contributed by atoms with E-state index in [-0.39, 0.29) is 42.7 Å². The number of ether oxygens (including phenoxy) is 1. The van der Waals surface area contributed by atoms with Gasteiger partial charge >= 0.3 is 5.82 Å². The van der Waals surface area contributed by atoms with Crippen LogP contribution >= 0.6 is 15.9 Å². The van der Waals surface area contributed by atoms with E-state index in [9.17, 15) is 19.7 Å². The number of benzene rings is 1. The monoisotopic (exact) mass is 405 g/mol. The fourth-order valence-electron chi connectivity index (χ4n) is 2.39. The quantitative estimate of drug-likeness (QED) is 0.430. The number of nitrogens with zero attached hydrogens (tertiary/aromatic N) is 3. The zero-order chi connectivity index (χ0) is 18.0. The molecule has 128 valence electrons. The molecule has 2 heterocycles. The van der Waals surface area contributed by atoms with E-state index in [0.29, 0.717) is 5.56 Å². The van der Waals surface area contributed by atoms with Crippen molar-refractivity contribution in [1.82, 2.24) is 4.98 Å². The molecular formula is C16H12BrN3O5. The summed E-state index contributed by atoms with van der Waals surface area (Å²) >= 11 is 3.30. The molecule has 0 radical (unpaired) electrons. The van der Waals surface area contributed by atoms with E-state index in [1.807, 2.05) is 0 Å². The van der Waals surface area contributed by atoms with Crippen molar-refractivity contribution in [3.8, 4) is 5.75 Å². The minimum Gasteiger partial charge on any atom is -0.477 e. The van der Waals surface area contributed by atoms with Gasteiger partial charge in [0, 0.05) is 29.1 Å². The van der Waals surface area contributed by atoms with Gasteiger partial charge in [-0.05, 0) is 28.1 Å². The molecule has 0 aliphatic carbocycles. The van der Waals surface area contributed by atoms with Crippen molar-refractivity contribution in [3.05, 3.63) is 56.5 Å². The lowest BCUT2D eigenvalue weighted by Gasteiger charge is -2.25. The minimum absolute atomic E-state index is 0.0639. The molecule has 1 amide bonds. The summed E-state index contributed by atoms with van der Waals surface area (Å²) < 4.78 is 6.10. The first-order chi connectivity index (χ1) is 12.0. The number of hydrogen-bond donors (Lipinski definition) is 0. The number of nitro groups is 1. The number of aromatic nitrogens is 1. The highest BCUT2D eigenvalue weighted by Crippen LogP contribution is 2.32. The Morgan fingerprint density at radius 1 is 1.28 bits per heavy atom. The molecule has 25 heavy (non-hydrogen) atoms. The van der Waals surface area contributed by atoms with Crippen LogP contribution in [0.4, 0.5) is 11.6 Å². The van der Waals surface area contributed by atoms with Gasteiger partial charge in [0.05, 0.1) is 0 Å². The van der Waals surface area contributed by atoms with Crippen molar-refractivity contribution in [2.45, 2.75) is 6.42 Å². The fraction of sp³-hybridized carbons (Fsp3) is 0.188. The zero-order valence-electron chi connectivity index (χ0n) is 12.8. The summed E-state index contributed by atoms with van der Waals surface area (Å²) in [7, 11) is 0. The lowest BCUT2D eigenvalue weighted by atomic mass is 10.1. The maximum absolute atomic E-state index is 12.3. The molecule has 1 aromatic carbocycles. The van der Waals surface area contributed by atoms with Gasteiger partial charge in [0.2, 0.25) is 0 Å². The second-order valence-corrected chi connectivity index (χ2v) is 6.18. The first kappa shape index (κ1) is 17.0. The number of fused-ring (bicyclic) bond motifs is 1. The molecule has 0 bridgehead atoms. The molecular weight excluding hydrogens is 394 g/mol. The van der Waals surface area contributed by atoms with Crippen molar-refractivity contribution < 1.29 is 19.2 Å². The average Bonchev–Trinajstić information content (AvgIpc) is 2.60. The van der Waals surface area contributed by atoms with E-state index in [2.05, 4.69) is 20.9 Å². The number of carbonyl (C=O) groups is 2. The fourth-order valence-corrected chi connectivity index (χ4v) is 2.66. The van der Waals surface area contributed by atoms with Crippen LogP contribution in [0.1, 0.15) is 16.8 Å². The van der Waals surface area contributed by atoms with Crippen LogP contribution in [-0.4, -0.2) is 34.7 Å². The van der Waals surface area contributed by atoms with Gasteiger partial charge in [0.15, 0.2) is 18.1 Å². The maximum Gasteiger partial charge on any atom is 0.366 e. The van der Waals surface area contributed by atoms with Gasteiger partial charge in [-0.2, -0.15) is 0 Å². The van der Waals surface area contributed by atoms with Crippen LogP contribution in [0.3, 0.4) is 0 Å².